The highest BCUT2D eigenvalue weighted by Crippen LogP contribution is 2.17. The lowest BCUT2D eigenvalue weighted by Crippen LogP contribution is -2.30. The maximum atomic E-state index is 12.7. The Hall–Kier alpha value is -1.59. The topological polar surface area (TPSA) is 78.9 Å². The molecule has 0 radical (unpaired) electrons. The van der Waals surface area contributed by atoms with E-state index >= 15 is 0 Å². The highest BCUT2D eigenvalue weighted by molar-refractivity contribution is 5.71. The number of carbonyl (C=O) groups is 3. The molecule has 0 saturated heterocycles. The fraction of sp³-hybridized carbons (Fsp3) is 0.941. The molecule has 0 aromatic rings. The Balaban J connectivity index is 4.24. The van der Waals surface area contributed by atoms with Gasteiger partial charge in [-0.05, 0) is 31.1 Å². The van der Waals surface area contributed by atoms with Gasteiger partial charge in [-0.15, -0.1) is 0 Å². The molecule has 0 amide bonds. The maximum Gasteiger partial charge on any atom is 0.306 e. The van der Waals surface area contributed by atoms with Crippen molar-refractivity contribution in [2.24, 2.45) is 11.8 Å². The highest BCUT2D eigenvalue weighted by atomic mass is 16.6. The van der Waals surface area contributed by atoms with Crippen LogP contribution in [0.3, 0.4) is 0 Å². The average molecular weight is 807 g/mol. The second-order valence-electron chi connectivity index (χ2n) is 18.4. The van der Waals surface area contributed by atoms with Crippen LogP contribution in [0.1, 0.15) is 279 Å². The standard InChI is InChI=1S/C51H98O6/c1-6-7-8-9-10-11-12-13-14-15-16-17-18-19-20-26-31-36-41-49(52)55-44-48(45-56-50(53)42-37-32-28-23-25-30-35-40-47(4)5)57-51(54)43-38-33-27-22-21-24-29-34-39-46(2)3/h46-48H,6-45H2,1-5H3/t48-/m0/s1. The molecule has 57 heavy (non-hydrogen) atoms. The van der Waals surface area contributed by atoms with Crippen molar-refractivity contribution in [1.82, 2.24) is 0 Å². The van der Waals surface area contributed by atoms with E-state index in [1.165, 1.54) is 167 Å². The van der Waals surface area contributed by atoms with E-state index in [0.717, 1.165) is 69.6 Å². The first-order chi connectivity index (χ1) is 27.7. The molecule has 0 aromatic heterocycles. The van der Waals surface area contributed by atoms with E-state index in [9.17, 15) is 14.4 Å². The van der Waals surface area contributed by atoms with Crippen LogP contribution in [0.4, 0.5) is 0 Å². The molecule has 0 aliphatic heterocycles. The van der Waals surface area contributed by atoms with Crippen LogP contribution < -0.4 is 0 Å². The van der Waals surface area contributed by atoms with Crippen molar-refractivity contribution < 1.29 is 28.6 Å². The minimum absolute atomic E-state index is 0.0650. The Kier molecular flexibility index (Phi) is 42.7. The Labute approximate surface area is 355 Å². The molecule has 0 N–H and O–H groups in total. The van der Waals surface area contributed by atoms with Gasteiger partial charge in [-0.3, -0.25) is 14.4 Å². The summed E-state index contributed by atoms with van der Waals surface area (Å²) in [7, 11) is 0. The number of esters is 3. The lowest BCUT2D eigenvalue weighted by Gasteiger charge is -2.18. The molecule has 0 aliphatic rings. The van der Waals surface area contributed by atoms with E-state index in [-0.39, 0.29) is 31.1 Å². The molecule has 0 aromatic carbocycles. The number of unbranched alkanes of at least 4 members (excludes halogenated alkanes) is 30. The van der Waals surface area contributed by atoms with Crippen molar-refractivity contribution in [3.8, 4) is 0 Å². The minimum Gasteiger partial charge on any atom is -0.462 e. The van der Waals surface area contributed by atoms with Gasteiger partial charge in [-0.25, -0.2) is 0 Å². The lowest BCUT2D eigenvalue weighted by atomic mass is 10.0. The Morgan fingerprint density at radius 2 is 0.579 bits per heavy atom. The van der Waals surface area contributed by atoms with Crippen LogP contribution in [0.25, 0.3) is 0 Å². The van der Waals surface area contributed by atoms with Gasteiger partial charge < -0.3 is 14.2 Å². The van der Waals surface area contributed by atoms with Gasteiger partial charge in [-0.2, -0.15) is 0 Å². The molecule has 0 unspecified atom stereocenters. The molecule has 0 aliphatic carbocycles. The van der Waals surface area contributed by atoms with Gasteiger partial charge >= 0.3 is 17.9 Å². The number of ether oxygens (including phenoxy) is 3. The first-order valence-electron chi connectivity index (χ1n) is 25.2. The van der Waals surface area contributed by atoms with Crippen LogP contribution >= 0.6 is 0 Å². The molecule has 0 rings (SSSR count). The number of hydrogen-bond donors (Lipinski definition) is 0. The summed E-state index contributed by atoms with van der Waals surface area (Å²) in [5.74, 6) is 0.719. The molecular formula is C51H98O6. The molecular weight excluding hydrogens is 709 g/mol. The monoisotopic (exact) mass is 807 g/mol. The van der Waals surface area contributed by atoms with Crippen LogP contribution in [0.5, 0.6) is 0 Å². The number of carbonyl (C=O) groups excluding carboxylic acids is 3. The molecule has 6 heteroatoms. The summed E-state index contributed by atoms with van der Waals surface area (Å²) in [6.07, 6.45) is 43.9. The van der Waals surface area contributed by atoms with E-state index < -0.39 is 6.10 Å². The average Bonchev–Trinajstić information content (AvgIpc) is 3.18. The van der Waals surface area contributed by atoms with Crippen molar-refractivity contribution in [3.05, 3.63) is 0 Å². The van der Waals surface area contributed by atoms with E-state index in [4.69, 9.17) is 14.2 Å². The molecule has 0 saturated carbocycles. The Morgan fingerprint density at radius 1 is 0.333 bits per heavy atom. The second kappa shape index (κ2) is 44.0. The van der Waals surface area contributed by atoms with Crippen molar-refractivity contribution >= 4 is 17.9 Å². The fourth-order valence-electron chi connectivity index (χ4n) is 7.64. The maximum absolute atomic E-state index is 12.7. The van der Waals surface area contributed by atoms with Gasteiger partial charge in [0.15, 0.2) is 6.10 Å². The van der Waals surface area contributed by atoms with E-state index in [1.54, 1.807) is 0 Å². The molecule has 1 atom stereocenters. The summed E-state index contributed by atoms with van der Waals surface area (Å²) in [5.41, 5.74) is 0. The van der Waals surface area contributed by atoms with Crippen LogP contribution in [0.2, 0.25) is 0 Å². The van der Waals surface area contributed by atoms with Crippen molar-refractivity contribution in [1.29, 1.82) is 0 Å². The van der Waals surface area contributed by atoms with Crippen molar-refractivity contribution in [2.45, 2.75) is 285 Å². The van der Waals surface area contributed by atoms with Crippen LogP contribution in [0, 0.1) is 11.8 Å². The Bertz CT molecular complexity index is 870. The zero-order valence-electron chi connectivity index (χ0n) is 39.0. The smallest absolute Gasteiger partial charge is 0.306 e. The molecule has 338 valence electrons. The number of hydrogen-bond acceptors (Lipinski definition) is 6. The van der Waals surface area contributed by atoms with Crippen LogP contribution in [0.15, 0.2) is 0 Å². The summed E-state index contributed by atoms with van der Waals surface area (Å²) >= 11 is 0. The molecule has 0 fully saturated rings. The summed E-state index contributed by atoms with van der Waals surface area (Å²) < 4.78 is 16.8. The van der Waals surface area contributed by atoms with Gasteiger partial charge in [-0.1, -0.05) is 240 Å². The van der Waals surface area contributed by atoms with E-state index in [1.807, 2.05) is 0 Å². The summed E-state index contributed by atoms with van der Waals surface area (Å²) in [5, 5.41) is 0. The third-order valence-corrected chi connectivity index (χ3v) is 11.5. The van der Waals surface area contributed by atoms with Crippen LogP contribution in [-0.2, 0) is 28.6 Å². The van der Waals surface area contributed by atoms with Crippen LogP contribution in [-0.4, -0.2) is 37.2 Å². The fourth-order valence-corrected chi connectivity index (χ4v) is 7.64. The quantitative estimate of drug-likeness (QED) is 0.0346. The van der Waals surface area contributed by atoms with Gasteiger partial charge in [0.2, 0.25) is 0 Å². The first-order valence-corrected chi connectivity index (χ1v) is 25.2. The highest BCUT2D eigenvalue weighted by Gasteiger charge is 2.19. The molecule has 0 bridgehead atoms. The third kappa shape index (κ3) is 45.3. The van der Waals surface area contributed by atoms with Crippen molar-refractivity contribution in [3.63, 3.8) is 0 Å². The summed E-state index contributed by atoms with van der Waals surface area (Å²) in [4.78, 5) is 37.8. The summed E-state index contributed by atoms with van der Waals surface area (Å²) in [6.45, 7) is 11.3. The van der Waals surface area contributed by atoms with Gasteiger partial charge in [0.25, 0.3) is 0 Å². The third-order valence-electron chi connectivity index (χ3n) is 11.5. The Morgan fingerprint density at radius 3 is 0.860 bits per heavy atom. The normalized spacial score (nSPS) is 12.1. The zero-order valence-corrected chi connectivity index (χ0v) is 39.0. The SMILES string of the molecule is CCCCCCCCCCCCCCCCCCCCC(=O)OC[C@@H](COC(=O)CCCCCCCCCC(C)C)OC(=O)CCCCCCCCCCC(C)C. The molecule has 0 spiro atoms. The predicted octanol–water partition coefficient (Wildman–Crippen LogP) is 16.1. The zero-order chi connectivity index (χ0) is 41.9. The second-order valence-corrected chi connectivity index (χ2v) is 18.4. The minimum atomic E-state index is -0.762. The van der Waals surface area contributed by atoms with E-state index in [2.05, 4.69) is 34.6 Å². The molecule has 6 nitrogen and oxygen atoms in total. The lowest BCUT2D eigenvalue weighted by molar-refractivity contribution is -0.167. The van der Waals surface area contributed by atoms with E-state index in [0.29, 0.717) is 19.3 Å². The first kappa shape index (κ1) is 55.4. The predicted molar refractivity (Wildman–Crippen MR) is 243 cm³/mol. The largest absolute Gasteiger partial charge is 0.462 e. The van der Waals surface area contributed by atoms with Crippen molar-refractivity contribution in [2.75, 3.05) is 13.2 Å². The van der Waals surface area contributed by atoms with Gasteiger partial charge in [0, 0.05) is 19.3 Å². The number of rotatable bonds is 45. The van der Waals surface area contributed by atoms with Gasteiger partial charge in [0.05, 0.1) is 0 Å². The molecule has 0 heterocycles. The van der Waals surface area contributed by atoms with Gasteiger partial charge in [0.1, 0.15) is 13.2 Å². The summed E-state index contributed by atoms with van der Waals surface area (Å²) in [6, 6.07) is 0.